The van der Waals surface area contributed by atoms with Gasteiger partial charge in [0, 0.05) is 5.69 Å². The van der Waals surface area contributed by atoms with E-state index in [1.165, 1.54) is 19.2 Å². The molecule has 1 aromatic heterocycles. The standard InChI is InChI=1S/C17H13F2N7O2/c1-27-12-5-4-10(18)14(13(12)19)28-17-25-15(22)24-16(26-17)23-9-3-2-8(7-20)11(21)6-9/h2-6H,21H2,1H3,(H3,22,23,24,25,26). The molecule has 0 atom stereocenters. The van der Waals surface area contributed by atoms with E-state index in [9.17, 15) is 8.78 Å². The summed E-state index contributed by atoms with van der Waals surface area (Å²) >= 11 is 0. The molecule has 0 bridgehead atoms. The number of anilines is 4. The number of nitrogens with one attached hydrogen (secondary N) is 1. The minimum Gasteiger partial charge on any atom is -0.494 e. The number of methoxy groups -OCH3 is 1. The molecule has 9 nitrogen and oxygen atoms in total. The maximum atomic E-state index is 14.2. The van der Waals surface area contributed by atoms with Gasteiger partial charge in [0.15, 0.2) is 11.6 Å². The van der Waals surface area contributed by atoms with E-state index in [2.05, 4.69) is 20.3 Å². The number of hydrogen-bond acceptors (Lipinski definition) is 9. The van der Waals surface area contributed by atoms with Crippen LogP contribution in [0, 0.1) is 23.0 Å². The van der Waals surface area contributed by atoms with Crippen LogP contribution in [0.25, 0.3) is 0 Å². The van der Waals surface area contributed by atoms with Gasteiger partial charge >= 0.3 is 6.01 Å². The van der Waals surface area contributed by atoms with E-state index in [1.807, 2.05) is 6.07 Å². The lowest BCUT2D eigenvalue weighted by molar-refractivity contribution is 0.346. The summed E-state index contributed by atoms with van der Waals surface area (Å²) in [5.41, 5.74) is 12.4. The summed E-state index contributed by atoms with van der Waals surface area (Å²) in [6.07, 6.45) is 0. The Balaban J connectivity index is 1.91. The second-order valence-electron chi connectivity index (χ2n) is 5.33. The van der Waals surface area contributed by atoms with Crippen LogP contribution in [0.4, 0.5) is 32.1 Å². The number of rotatable bonds is 5. The number of aromatic nitrogens is 3. The minimum atomic E-state index is -1.06. The third-order valence-corrected chi connectivity index (χ3v) is 3.49. The van der Waals surface area contributed by atoms with Gasteiger partial charge < -0.3 is 26.3 Å². The molecule has 142 valence electrons. The highest BCUT2D eigenvalue weighted by atomic mass is 19.1. The topological polar surface area (TPSA) is 145 Å². The molecule has 0 amide bonds. The molecule has 0 saturated heterocycles. The summed E-state index contributed by atoms with van der Waals surface area (Å²) in [6, 6.07) is 8.13. The fraction of sp³-hybridized carbons (Fsp3) is 0.0588. The molecule has 2 aromatic carbocycles. The average molecular weight is 385 g/mol. The van der Waals surface area contributed by atoms with Crippen LogP contribution in [0.5, 0.6) is 17.5 Å². The van der Waals surface area contributed by atoms with Crippen LogP contribution >= 0.6 is 0 Å². The third kappa shape index (κ3) is 3.80. The number of nitriles is 1. The lowest BCUT2D eigenvalue weighted by Crippen LogP contribution is -2.06. The summed E-state index contributed by atoms with van der Waals surface area (Å²) in [4.78, 5) is 11.5. The maximum absolute atomic E-state index is 14.2. The molecule has 1 heterocycles. The lowest BCUT2D eigenvalue weighted by Gasteiger charge is -2.11. The van der Waals surface area contributed by atoms with Crippen LogP contribution in [0.1, 0.15) is 5.56 Å². The van der Waals surface area contributed by atoms with E-state index < -0.39 is 23.4 Å². The largest absolute Gasteiger partial charge is 0.494 e. The first-order valence-electron chi connectivity index (χ1n) is 7.69. The van der Waals surface area contributed by atoms with E-state index >= 15 is 0 Å². The van der Waals surface area contributed by atoms with Gasteiger partial charge in [-0.15, -0.1) is 0 Å². The van der Waals surface area contributed by atoms with Crippen LogP contribution < -0.4 is 26.3 Å². The summed E-state index contributed by atoms with van der Waals surface area (Å²) in [6.45, 7) is 0. The molecule has 0 aliphatic heterocycles. The minimum absolute atomic E-state index is 0.0599. The zero-order chi connectivity index (χ0) is 20.3. The molecule has 0 spiro atoms. The van der Waals surface area contributed by atoms with Gasteiger partial charge in [-0.3, -0.25) is 0 Å². The predicted octanol–water partition coefficient (Wildman–Crippen LogP) is 2.73. The molecule has 0 aliphatic carbocycles. The highest BCUT2D eigenvalue weighted by Gasteiger charge is 2.19. The normalized spacial score (nSPS) is 10.2. The quantitative estimate of drug-likeness (QED) is 0.564. The van der Waals surface area contributed by atoms with Crippen molar-refractivity contribution in [3.8, 4) is 23.6 Å². The molecule has 3 aromatic rings. The summed E-state index contributed by atoms with van der Waals surface area (Å²) in [5, 5.41) is 11.7. The van der Waals surface area contributed by atoms with Crippen molar-refractivity contribution in [2.75, 3.05) is 23.9 Å². The average Bonchev–Trinajstić information content (AvgIpc) is 2.65. The van der Waals surface area contributed by atoms with Crippen molar-refractivity contribution in [2.45, 2.75) is 0 Å². The summed E-state index contributed by atoms with van der Waals surface area (Å²) in [7, 11) is 1.23. The Morgan fingerprint density at radius 3 is 2.57 bits per heavy atom. The van der Waals surface area contributed by atoms with Crippen molar-refractivity contribution in [3.63, 3.8) is 0 Å². The Labute approximate surface area is 157 Å². The van der Waals surface area contributed by atoms with Gasteiger partial charge in [-0.2, -0.15) is 24.6 Å². The molecule has 0 aliphatic rings. The van der Waals surface area contributed by atoms with E-state index in [0.29, 0.717) is 11.3 Å². The Kier molecular flexibility index (Phi) is 5.03. The number of ether oxygens (including phenoxy) is 2. The molecule has 0 radical (unpaired) electrons. The van der Waals surface area contributed by atoms with Gasteiger partial charge in [0.25, 0.3) is 0 Å². The Morgan fingerprint density at radius 2 is 1.89 bits per heavy atom. The van der Waals surface area contributed by atoms with Crippen molar-refractivity contribution in [2.24, 2.45) is 0 Å². The molecule has 0 unspecified atom stereocenters. The van der Waals surface area contributed by atoms with Gasteiger partial charge in [0.2, 0.25) is 23.5 Å². The lowest BCUT2D eigenvalue weighted by atomic mass is 10.2. The molecule has 11 heteroatoms. The van der Waals surface area contributed by atoms with Gasteiger partial charge in [0.1, 0.15) is 6.07 Å². The summed E-state index contributed by atoms with van der Waals surface area (Å²) < 4.78 is 38.1. The molecule has 28 heavy (non-hydrogen) atoms. The maximum Gasteiger partial charge on any atom is 0.328 e. The van der Waals surface area contributed by atoms with Gasteiger partial charge in [-0.25, -0.2) is 4.39 Å². The SMILES string of the molecule is COc1ccc(F)c(Oc2nc(N)nc(Nc3ccc(C#N)c(N)c3)n2)c1F. The van der Waals surface area contributed by atoms with E-state index in [1.54, 1.807) is 6.07 Å². The number of hydrogen-bond donors (Lipinski definition) is 3. The predicted molar refractivity (Wildman–Crippen MR) is 96.1 cm³/mol. The van der Waals surface area contributed by atoms with Crippen LogP contribution in [-0.4, -0.2) is 22.1 Å². The van der Waals surface area contributed by atoms with Crippen molar-refractivity contribution < 1.29 is 18.3 Å². The first-order valence-corrected chi connectivity index (χ1v) is 7.69. The number of benzene rings is 2. The van der Waals surface area contributed by atoms with Crippen LogP contribution in [0.2, 0.25) is 0 Å². The highest BCUT2D eigenvalue weighted by Crippen LogP contribution is 2.32. The van der Waals surface area contributed by atoms with Crippen molar-refractivity contribution in [1.82, 2.24) is 15.0 Å². The Hall–Kier alpha value is -4.20. The fourth-order valence-corrected chi connectivity index (χ4v) is 2.20. The molecular weight excluding hydrogens is 372 g/mol. The van der Waals surface area contributed by atoms with Crippen molar-refractivity contribution >= 4 is 23.3 Å². The van der Waals surface area contributed by atoms with Gasteiger partial charge in [-0.05, 0) is 30.3 Å². The van der Waals surface area contributed by atoms with E-state index in [4.69, 9.17) is 26.2 Å². The first kappa shape index (κ1) is 18.6. The van der Waals surface area contributed by atoms with E-state index in [-0.39, 0.29) is 23.3 Å². The van der Waals surface area contributed by atoms with Crippen LogP contribution in [-0.2, 0) is 0 Å². The molecular formula is C17H13F2N7O2. The molecule has 0 fully saturated rings. The number of halogens is 2. The van der Waals surface area contributed by atoms with Crippen molar-refractivity contribution in [3.05, 3.63) is 47.5 Å². The second-order valence-corrected chi connectivity index (χ2v) is 5.33. The van der Waals surface area contributed by atoms with E-state index in [0.717, 1.165) is 12.1 Å². The first-order chi connectivity index (χ1) is 13.4. The smallest absolute Gasteiger partial charge is 0.328 e. The Bertz CT molecular complexity index is 1090. The molecule has 5 N–H and O–H groups in total. The molecule has 0 saturated carbocycles. The summed E-state index contributed by atoms with van der Waals surface area (Å²) in [5.74, 6) is -3.32. The van der Waals surface area contributed by atoms with Crippen LogP contribution in [0.3, 0.4) is 0 Å². The van der Waals surface area contributed by atoms with Gasteiger partial charge in [-0.1, -0.05) is 0 Å². The Morgan fingerprint density at radius 1 is 1.11 bits per heavy atom. The van der Waals surface area contributed by atoms with Gasteiger partial charge in [0.05, 0.1) is 18.4 Å². The molecule has 3 rings (SSSR count). The number of nitrogens with zero attached hydrogens (tertiary/aromatic N) is 4. The number of nitrogen functional groups attached to an aromatic ring is 2. The monoisotopic (exact) mass is 385 g/mol. The van der Waals surface area contributed by atoms with Crippen LogP contribution in [0.15, 0.2) is 30.3 Å². The zero-order valence-corrected chi connectivity index (χ0v) is 14.4. The third-order valence-electron chi connectivity index (χ3n) is 3.49. The second kappa shape index (κ2) is 7.58. The number of nitrogens with two attached hydrogens (primary N) is 2. The highest BCUT2D eigenvalue weighted by molar-refractivity contribution is 5.65. The fourth-order valence-electron chi connectivity index (χ4n) is 2.20. The zero-order valence-electron chi connectivity index (χ0n) is 14.4. The van der Waals surface area contributed by atoms with Crippen molar-refractivity contribution in [1.29, 1.82) is 5.26 Å².